The zero-order valence-corrected chi connectivity index (χ0v) is 25.5. The van der Waals surface area contributed by atoms with Crippen LogP contribution in [0.2, 0.25) is 0 Å². The van der Waals surface area contributed by atoms with Crippen molar-refractivity contribution in [2.24, 2.45) is 0 Å². The lowest BCUT2D eigenvalue weighted by Gasteiger charge is -2.44. The summed E-state index contributed by atoms with van der Waals surface area (Å²) in [7, 11) is 0. The Bertz CT molecular complexity index is 2560. The number of benzene rings is 3. The molecule has 0 spiro atoms. The molecule has 0 N–H and O–H groups in total. The maximum absolute atomic E-state index is 5.80. The minimum Gasteiger partial charge on any atom is -0.293 e. The molecule has 2 unspecified atom stereocenters. The van der Waals surface area contributed by atoms with Crippen LogP contribution in [0.15, 0.2) is 128 Å². The Hall–Kier alpha value is -5.35. The van der Waals surface area contributed by atoms with Gasteiger partial charge in [-0.15, -0.1) is 0 Å². The molecule has 3 aromatic carbocycles. The van der Waals surface area contributed by atoms with Crippen LogP contribution in [0, 0.1) is 0 Å². The number of para-hydroxylation sites is 2. The number of nitrogens with zero attached hydrogens (tertiary/aromatic N) is 4. The molecule has 0 fully saturated rings. The second-order valence-electron chi connectivity index (χ2n) is 13.2. The Balaban J connectivity index is 1.36. The van der Waals surface area contributed by atoms with Gasteiger partial charge in [-0.25, -0.2) is 4.98 Å². The molecule has 45 heavy (non-hydrogen) atoms. The molecular weight excluding hydrogens is 548 g/mol. The molecule has 2 atom stereocenters. The summed E-state index contributed by atoms with van der Waals surface area (Å²) in [4.78, 5) is 5.80. The SMILES string of the molecule is C=C1[n+]2ccccc2-c2ccccc2CCC2(C)c3nc4c(cc3-c3cccc[n+]3C12C)c1cccc2c3ccccc3n4c21. The van der Waals surface area contributed by atoms with E-state index in [-0.39, 0.29) is 5.41 Å². The van der Waals surface area contributed by atoms with Gasteiger partial charge in [0.1, 0.15) is 5.65 Å². The summed E-state index contributed by atoms with van der Waals surface area (Å²) in [6, 6.07) is 39.8. The van der Waals surface area contributed by atoms with Crippen LogP contribution in [0.5, 0.6) is 0 Å². The molecule has 2 aliphatic heterocycles. The molecule has 7 heterocycles. The topological polar surface area (TPSA) is 25.1 Å². The molecule has 0 saturated carbocycles. The largest absolute Gasteiger partial charge is 0.293 e. The third kappa shape index (κ3) is 2.91. The summed E-state index contributed by atoms with van der Waals surface area (Å²) < 4.78 is 7.22. The van der Waals surface area contributed by atoms with Crippen molar-refractivity contribution in [3.8, 4) is 22.5 Å². The Kier molecular flexibility index (Phi) is 4.68. The normalized spacial score (nSPS) is 20.7. The predicted octanol–water partition coefficient (Wildman–Crippen LogP) is 8.24. The Morgan fingerprint density at radius 3 is 2.31 bits per heavy atom. The molecule has 10 rings (SSSR count). The van der Waals surface area contributed by atoms with Gasteiger partial charge in [-0.05, 0) is 62.2 Å². The summed E-state index contributed by atoms with van der Waals surface area (Å²) in [5.74, 6) is 0. The van der Waals surface area contributed by atoms with Crippen LogP contribution >= 0.6 is 0 Å². The average Bonchev–Trinajstić information content (AvgIpc) is 3.61. The van der Waals surface area contributed by atoms with E-state index in [1.54, 1.807) is 0 Å². The van der Waals surface area contributed by atoms with Crippen LogP contribution < -0.4 is 9.13 Å². The smallest absolute Gasteiger partial charge is 0.258 e. The van der Waals surface area contributed by atoms with Gasteiger partial charge in [0.15, 0.2) is 12.4 Å². The second-order valence-corrected chi connectivity index (χ2v) is 13.2. The van der Waals surface area contributed by atoms with Gasteiger partial charge in [-0.3, -0.25) is 4.40 Å². The summed E-state index contributed by atoms with van der Waals surface area (Å²) in [6.45, 7) is 9.74. The first-order chi connectivity index (χ1) is 22.0. The van der Waals surface area contributed by atoms with Crippen molar-refractivity contribution in [2.75, 3.05) is 0 Å². The first-order valence-corrected chi connectivity index (χ1v) is 15.9. The van der Waals surface area contributed by atoms with Crippen LogP contribution in [0.1, 0.15) is 31.5 Å². The Morgan fingerprint density at radius 1 is 0.711 bits per heavy atom. The first kappa shape index (κ1) is 25.0. The molecule has 2 aliphatic rings. The van der Waals surface area contributed by atoms with E-state index in [0.717, 1.165) is 29.9 Å². The van der Waals surface area contributed by atoms with Crippen LogP contribution in [0.25, 0.3) is 66.4 Å². The zero-order valence-electron chi connectivity index (χ0n) is 25.5. The van der Waals surface area contributed by atoms with E-state index in [2.05, 4.69) is 149 Å². The van der Waals surface area contributed by atoms with Crippen LogP contribution in [0.4, 0.5) is 0 Å². The molecule has 5 aromatic heterocycles. The lowest BCUT2D eigenvalue weighted by Crippen LogP contribution is -2.71. The standard InChI is InChI=1S/C41H32N4/c1-26-41(3)40(2,22-21-27-13-4-5-14-28(27)34-18-8-10-23-43(26)34)38-33(35-19-9-11-24-44(35)41)25-32-31-17-12-16-30-29-15-6-7-20-36(29)45(37(30)31)39(32)42-38/h4-20,23-25H,1,21-22H2,2-3H3/q+2. The third-order valence-electron chi connectivity index (χ3n) is 11.3. The second kappa shape index (κ2) is 8.42. The van der Waals surface area contributed by atoms with Crippen molar-refractivity contribution in [1.82, 2.24) is 9.38 Å². The molecular formula is C41H32N4+2. The third-order valence-corrected chi connectivity index (χ3v) is 11.3. The van der Waals surface area contributed by atoms with E-state index in [9.17, 15) is 0 Å². The molecule has 214 valence electrons. The molecule has 0 aliphatic carbocycles. The first-order valence-electron chi connectivity index (χ1n) is 15.9. The van der Waals surface area contributed by atoms with Crippen LogP contribution in [-0.2, 0) is 17.4 Å². The molecule has 0 bridgehead atoms. The van der Waals surface area contributed by atoms with Gasteiger partial charge in [-0.2, -0.15) is 9.13 Å². The summed E-state index contributed by atoms with van der Waals surface area (Å²) in [6.07, 6.45) is 6.28. The fourth-order valence-electron chi connectivity index (χ4n) is 8.82. The molecule has 0 radical (unpaired) electrons. The van der Waals surface area contributed by atoms with Gasteiger partial charge < -0.3 is 0 Å². The highest BCUT2D eigenvalue weighted by Gasteiger charge is 2.65. The summed E-state index contributed by atoms with van der Waals surface area (Å²) in [5.41, 5.74) is 11.0. The van der Waals surface area contributed by atoms with E-state index in [0.29, 0.717) is 0 Å². The van der Waals surface area contributed by atoms with Crippen molar-refractivity contribution >= 4 is 43.9 Å². The molecule has 0 saturated heterocycles. The van der Waals surface area contributed by atoms with Crippen molar-refractivity contribution in [3.63, 3.8) is 0 Å². The summed E-state index contributed by atoms with van der Waals surface area (Å²) >= 11 is 0. The van der Waals surface area contributed by atoms with Crippen LogP contribution in [0.3, 0.4) is 0 Å². The number of hydrogen-bond acceptors (Lipinski definition) is 1. The van der Waals surface area contributed by atoms with Gasteiger partial charge in [0.05, 0.1) is 27.7 Å². The van der Waals surface area contributed by atoms with E-state index >= 15 is 0 Å². The number of fused-ring (bicyclic) bond motifs is 15. The molecule has 0 amide bonds. The van der Waals surface area contributed by atoms with E-state index < -0.39 is 5.54 Å². The number of aromatic nitrogens is 4. The highest BCUT2D eigenvalue weighted by atomic mass is 15.2. The number of rotatable bonds is 0. The van der Waals surface area contributed by atoms with Crippen LogP contribution in [-0.4, -0.2) is 9.38 Å². The van der Waals surface area contributed by atoms with Crippen molar-refractivity contribution in [1.29, 1.82) is 0 Å². The fraction of sp³-hybridized carbons (Fsp3) is 0.146. The number of allylic oxidation sites excluding steroid dienone is 1. The molecule has 8 aromatic rings. The van der Waals surface area contributed by atoms with Gasteiger partial charge in [0.25, 0.3) is 11.2 Å². The molecule has 4 nitrogen and oxygen atoms in total. The number of aryl methyl sites for hydroxylation is 1. The number of pyridine rings is 3. The van der Waals surface area contributed by atoms with E-state index in [1.165, 1.54) is 60.7 Å². The van der Waals surface area contributed by atoms with Crippen molar-refractivity contribution < 1.29 is 9.13 Å². The maximum atomic E-state index is 5.80. The lowest BCUT2D eigenvalue weighted by molar-refractivity contribution is -0.770. The lowest BCUT2D eigenvalue weighted by atomic mass is 9.61. The van der Waals surface area contributed by atoms with Crippen molar-refractivity contribution in [3.05, 3.63) is 139 Å². The summed E-state index contributed by atoms with van der Waals surface area (Å²) in [5, 5.41) is 5.02. The quantitative estimate of drug-likeness (QED) is 0.166. The van der Waals surface area contributed by atoms with Gasteiger partial charge in [0.2, 0.25) is 11.4 Å². The van der Waals surface area contributed by atoms with E-state index in [4.69, 9.17) is 11.6 Å². The highest BCUT2D eigenvalue weighted by Crippen LogP contribution is 2.53. The van der Waals surface area contributed by atoms with Gasteiger partial charge in [0, 0.05) is 58.3 Å². The van der Waals surface area contributed by atoms with Crippen molar-refractivity contribution in [2.45, 2.75) is 37.6 Å². The Morgan fingerprint density at radius 2 is 1.42 bits per heavy atom. The van der Waals surface area contributed by atoms with Gasteiger partial charge in [-0.1, -0.05) is 54.6 Å². The Labute approximate surface area is 261 Å². The van der Waals surface area contributed by atoms with Gasteiger partial charge >= 0.3 is 0 Å². The minimum atomic E-state index is -0.514. The predicted molar refractivity (Wildman–Crippen MR) is 181 cm³/mol. The molecule has 4 heteroatoms. The fourth-order valence-corrected chi connectivity index (χ4v) is 8.82. The zero-order chi connectivity index (χ0) is 30.1. The highest BCUT2D eigenvalue weighted by molar-refractivity contribution is 6.23. The maximum Gasteiger partial charge on any atom is 0.258 e. The number of hydrogen-bond donors (Lipinski definition) is 0. The minimum absolute atomic E-state index is 0.387. The monoisotopic (exact) mass is 580 g/mol. The van der Waals surface area contributed by atoms with E-state index in [1.807, 2.05) is 0 Å². The average molecular weight is 581 g/mol.